The number of benzene rings is 2. The second-order valence-electron chi connectivity index (χ2n) is 8.36. The standard InChI is InChI=1S/C24H24N4O3S/c29-20(16-28-21(30)24(26-22(28)31)13-6-7-14-24)27(15-12-17-8-2-1-3-9-17)23-25-18-10-4-5-11-19(18)32-23/h1-5,8-11H,6-7,12-16H2,(H,26,31). The molecule has 0 bridgehead atoms. The molecule has 1 aliphatic carbocycles. The van der Waals surface area contributed by atoms with Gasteiger partial charge >= 0.3 is 6.03 Å². The third-order valence-corrected chi connectivity index (χ3v) is 7.34. The molecule has 1 aliphatic heterocycles. The zero-order valence-corrected chi connectivity index (χ0v) is 18.4. The SMILES string of the molecule is O=C1NC2(CCCC2)C(=O)N1CC(=O)N(CCc1ccccc1)c1nc2ccccc2s1. The van der Waals surface area contributed by atoms with Crippen molar-refractivity contribution in [3.05, 3.63) is 60.2 Å². The number of imide groups is 1. The average molecular weight is 449 g/mol. The normalized spacial score (nSPS) is 17.3. The van der Waals surface area contributed by atoms with Gasteiger partial charge in [0.15, 0.2) is 5.13 Å². The third kappa shape index (κ3) is 3.75. The van der Waals surface area contributed by atoms with E-state index < -0.39 is 11.6 Å². The summed E-state index contributed by atoms with van der Waals surface area (Å²) in [5, 5.41) is 3.42. The quantitative estimate of drug-likeness (QED) is 0.583. The van der Waals surface area contributed by atoms with Gasteiger partial charge in [0.25, 0.3) is 5.91 Å². The Kier molecular flexibility index (Phi) is 5.38. The summed E-state index contributed by atoms with van der Waals surface area (Å²) in [5.41, 5.74) is 1.11. The largest absolute Gasteiger partial charge is 0.325 e. The molecule has 5 rings (SSSR count). The maximum absolute atomic E-state index is 13.4. The van der Waals surface area contributed by atoms with Crippen LogP contribution in [0.25, 0.3) is 10.2 Å². The zero-order valence-electron chi connectivity index (χ0n) is 17.6. The van der Waals surface area contributed by atoms with Gasteiger partial charge in [-0.25, -0.2) is 9.78 Å². The molecule has 2 aliphatic rings. The van der Waals surface area contributed by atoms with Crippen LogP contribution in [0.1, 0.15) is 31.2 Å². The van der Waals surface area contributed by atoms with Crippen molar-refractivity contribution < 1.29 is 14.4 Å². The van der Waals surface area contributed by atoms with Crippen molar-refractivity contribution in [3.8, 4) is 0 Å². The number of nitrogens with zero attached hydrogens (tertiary/aromatic N) is 3. The number of rotatable bonds is 6. The van der Waals surface area contributed by atoms with Crippen LogP contribution in [0, 0.1) is 0 Å². The van der Waals surface area contributed by atoms with E-state index in [9.17, 15) is 14.4 Å². The molecule has 1 saturated heterocycles. The topological polar surface area (TPSA) is 82.6 Å². The second kappa shape index (κ2) is 8.35. The van der Waals surface area contributed by atoms with Gasteiger partial charge in [0.05, 0.1) is 10.2 Å². The van der Waals surface area contributed by atoms with Crippen molar-refractivity contribution in [3.63, 3.8) is 0 Å². The number of amides is 4. The molecule has 4 amide bonds. The lowest BCUT2D eigenvalue weighted by atomic mass is 9.98. The Hall–Kier alpha value is -3.26. The molecule has 7 nitrogen and oxygen atoms in total. The number of aromatic nitrogens is 1. The fraction of sp³-hybridized carbons (Fsp3) is 0.333. The van der Waals surface area contributed by atoms with Crippen molar-refractivity contribution >= 4 is 44.5 Å². The minimum atomic E-state index is -0.817. The van der Waals surface area contributed by atoms with Gasteiger partial charge in [0.1, 0.15) is 12.1 Å². The van der Waals surface area contributed by atoms with E-state index in [0.29, 0.717) is 30.9 Å². The first-order valence-electron chi connectivity index (χ1n) is 10.9. The van der Waals surface area contributed by atoms with Gasteiger partial charge < -0.3 is 5.32 Å². The Labute approximate surface area is 190 Å². The van der Waals surface area contributed by atoms with Crippen molar-refractivity contribution in [2.45, 2.75) is 37.6 Å². The minimum Gasteiger partial charge on any atom is -0.323 e. The first kappa shape index (κ1) is 20.6. The number of hydrogen-bond donors (Lipinski definition) is 1. The van der Waals surface area contributed by atoms with Crippen LogP contribution in [-0.2, 0) is 16.0 Å². The van der Waals surface area contributed by atoms with Crippen molar-refractivity contribution in [1.82, 2.24) is 15.2 Å². The van der Waals surface area contributed by atoms with Gasteiger partial charge in [-0.05, 0) is 37.0 Å². The van der Waals surface area contributed by atoms with Gasteiger partial charge in [0.2, 0.25) is 5.91 Å². The van der Waals surface area contributed by atoms with Crippen LogP contribution in [0.3, 0.4) is 0 Å². The number of hydrogen-bond acceptors (Lipinski definition) is 5. The molecule has 1 saturated carbocycles. The molecule has 2 fully saturated rings. The van der Waals surface area contributed by atoms with Crippen LogP contribution in [-0.4, -0.2) is 46.4 Å². The molecule has 0 unspecified atom stereocenters. The highest BCUT2D eigenvalue weighted by atomic mass is 32.1. The van der Waals surface area contributed by atoms with E-state index in [-0.39, 0.29) is 18.4 Å². The van der Waals surface area contributed by atoms with E-state index in [0.717, 1.165) is 33.5 Å². The number of carbonyl (C=O) groups is 3. The molecular formula is C24H24N4O3S. The summed E-state index contributed by atoms with van der Waals surface area (Å²) in [6.45, 7) is 0.134. The van der Waals surface area contributed by atoms with Gasteiger partial charge in [-0.15, -0.1) is 0 Å². The summed E-state index contributed by atoms with van der Waals surface area (Å²) >= 11 is 1.44. The first-order chi connectivity index (χ1) is 15.6. The van der Waals surface area contributed by atoms with Crippen LogP contribution < -0.4 is 10.2 Å². The molecule has 1 spiro atoms. The predicted octanol–water partition coefficient (Wildman–Crippen LogP) is 3.74. The van der Waals surface area contributed by atoms with Gasteiger partial charge in [-0.1, -0.05) is 66.6 Å². The Morgan fingerprint density at radius 2 is 1.78 bits per heavy atom. The predicted molar refractivity (Wildman–Crippen MR) is 124 cm³/mol. The van der Waals surface area contributed by atoms with Crippen molar-refractivity contribution in [2.75, 3.05) is 18.0 Å². The molecule has 1 aromatic heterocycles. The lowest BCUT2D eigenvalue weighted by Crippen LogP contribution is -2.46. The molecule has 3 aromatic rings. The maximum Gasteiger partial charge on any atom is 0.325 e. The van der Waals surface area contributed by atoms with Gasteiger partial charge in [-0.3, -0.25) is 19.4 Å². The van der Waals surface area contributed by atoms with E-state index >= 15 is 0 Å². The number of urea groups is 1. The highest BCUT2D eigenvalue weighted by molar-refractivity contribution is 7.22. The molecule has 0 radical (unpaired) electrons. The average Bonchev–Trinajstić information content (AvgIpc) is 3.50. The summed E-state index contributed by atoms with van der Waals surface area (Å²) < 4.78 is 0.986. The summed E-state index contributed by atoms with van der Waals surface area (Å²) in [6.07, 6.45) is 3.73. The summed E-state index contributed by atoms with van der Waals surface area (Å²) in [5.74, 6) is -0.584. The fourth-order valence-electron chi connectivity index (χ4n) is 4.55. The molecule has 8 heteroatoms. The Morgan fingerprint density at radius 1 is 1.06 bits per heavy atom. The Morgan fingerprint density at radius 3 is 2.53 bits per heavy atom. The third-order valence-electron chi connectivity index (χ3n) is 6.28. The molecule has 2 aromatic carbocycles. The molecule has 32 heavy (non-hydrogen) atoms. The maximum atomic E-state index is 13.4. The number of carbonyl (C=O) groups excluding carboxylic acids is 3. The first-order valence-corrected chi connectivity index (χ1v) is 11.7. The minimum absolute atomic E-state index is 0.277. The number of anilines is 1. The number of fused-ring (bicyclic) bond motifs is 1. The van der Waals surface area contributed by atoms with Crippen molar-refractivity contribution in [2.24, 2.45) is 0 Å². The van der Waals surface area contributed by atoms with E-state index in [1.165, 1.54) is 11.3 Å². The second-order valence-corrected chi connectivity index (χ2v) is 9.36. The summed E-state index contributed by atoms with van der Waals surface area (Å²) in [6, 6.07) is 17.2. The van der Waals surface area contributed by atoms with Crippen LogP contribution in [0.4, 0.5) is 9.93 Å². The molecule has 2 heterocycles. The van der Waals surface area contributed by atoms with E-state index in [1.54, 1.807) is 4.90 Å². The van der Waals surface area contributed by atoms with Crippen LogP contribution in [0.2, 0.25) is 0 Å². The van der Waals surface area contributed by atoms with Crippen molar-refractivity contribution in [1.29, 1.82) is 0 Å². The van der Waals surface area contributed by atoms with Gasteiger partial charge in [-0.2, -0.15) is 0 Å². The molecule has 0 atom stereocenters. The lowest BCUT2D eigenvalue weighted by Gasteiger charge is -2.23. The number of thiazole rings is 1. The van der Waals surface area contributed by atoms with Crippen LogP contribution in [0.15, 0.2) is 54.6 Å². The highest BCUT2D eigenvalue weighted by Crippen LogP contribution is 2.35. The fourth-order valence-corrected chi connectivity index (χ4v) is 5.55. The smallest absolute Gasteiger partial charge is 0.323 e. The van der Waals surface area contributed by atoms with Crippen LogP contribution in [0.5, 0.6) is 0 Å². The summed E-state index contributed by atoms with van der Waals surface area (Å²) in [7, 11) is 0. The van der Waals surface area contributed by atoms with E-state index in [1.807, 2.05) is 54.6 Å². The molecule has 1 N–H and O–H groups in total. The molecule has 164 valence electrons. The Balaban J connectivity index is 1.39. The number of nitrogens with one attached hydrogen (secondary N) is 1. The zero-order chi connectivity index (χ0) is 22.1. The highest BCUT2D eigenvalue weighted by Gasteiger charge is 2.52. The number of para-hydroxylation sites is 1. The van der Waals surface area contributed by atoms with Crippen LogP contribution >= 0.6 is 11.3 Å². The molecular weight excluding hydrogens is 424 g/mol. The summed E-state index contributed by atoms with van der Waals surface area (Å²) in [4.78, 5) is 46.3. The van der Waals surface area contributed by atoms with E-state index in [2.05, 4.69) is 10.3 Å². The van der Waals surface area contributed by atoms with Gasteiger partial charge in [0, 0.05) is 6.54 Å². The monoisotopic (exact) mass is 448 g/mol. The Bertz CT molecular complexity index is 1140. The lowest BCUT2D eigenvalue weighted by molar-refractivity contribution is -0.134. The van der Waals surface area contributed by atoms with E-state index in [4.69, 9.17) is 0 Å².